The van der Waals surface area contributed by atoms with Crippen LogP contribution in [0.25, 0.3) is 0 Å². The SMILES string of the molecule is CCCNc1ccc(Cl)c(C(=O)N(CCCO)C(C)C)n1. The number of anilines is 1. The van der Waals surface area contributed by atoms with Crippen molar-refractivity contribution in [2.24, 2.45) is 0 Å². The molecule has 0 saturated carbocycles. The number of rotatable bonds is 8. The van der Waals surface area contributed by atoms with Crippen LogP contribution in [0.4, 0.5) is 5.82 Å². The highest BCUT2D eigenvalue weighted by Gasteiger charge is 2.22. The van der Waals surface area contributed by atoms with E-state index in [1.54, 1.807) is 17.0 Å². The van der Waals surface area contributed by atoms with Gasteiger partial charge in [0.1, 0.15) is 11.5 Å². The molecule has 1 aromatic heterocycles. The van der Waals surface area contributed by atoms with Gasteiger partial charge in [0.2, 0.25) is 0 Å². The molecule has 0 aromatic carbocycles. The van der Waals surface area contributed by atoms with Gasteiger partial charge in [-0.05, 0) is 38.8 Å². The monoisotopic (exact) mass is 313 g/mol. The van der Waals surface area contributed by atoms with Gasteiger partial charge >= 0.3 is 0 Å². The van der Waals surface area contributed by atoms with Gasteiger partial charge in [-0.15, -0.1) is 0 Å². The van der Waals surface area contributed by atoms with Gasteiger partial charge in [0, 0.05) is 25.7 Å². The average Bonchev–Trinajstić information content (AvgIpc) is 2.46. The van der Waals surface area contributed by atoms with Gasteiger partial charge in [-0.2, -0.15) is 0 Å². The van der Waals surface area contributed by atoms with Crippen LogP contribution >= 0.6 is 11.6 Å². The molecular formula is C15H24ClN3O2. The Balaban J connectivity index is 2.97. The topological polar surface area (TPSA) is 65.5 Å². The summed E-state index contributed by atoms with van der Waals surface area (Å²) in [6.07, 6.45) is 1.51. The fourth-order valence-corrected chi connectivity index (χ4v) is 2.10. The molecule has 118 valence electrons. The second-order valence-corrected chi connectivity index (χ2v) is 5.53. The lowest BCUT2D eigenvalue weighted by Gasteiger charge is -2.26. The number of carbonyl (C=O) groups is 1. The quantitative estimate of drug-likeness (QED) is 0.774. The zero-order valence-corrected chi connectivity index (χ0v) is 13.7. The zero-order chi connectivity index (χ0) is 15.8. The molecule has 1 amide bonds. The Labute approximate surface area is 131 Å². The Hall–Kier alpha value is -1.33. The predicted molar refractivity (Wildman–Crippen MR) is 85.9 cm³/mol. The highest BCUT2D eigenvalue weighted by molar-refractivity contribution is 6.33. The number of aromatic nitrogens is 1. The number of aliphatic hydroxyl groups is 1. The minimum atomic E-state index is -0.205. The van der Waals surface area contributed by atoms with Crippen molar-refractivity contribution in [3.05, 3.63) is 22.8 Å². The molecule has 2 N–H and O–H groups in total. The van der Waals surface area contributed by atoms with E-state index in [-0.39, 0.29) is 24.2 Å². The van der Waals surface area contributed by atoms with Crippen LogP contribution in [0.3, 0.4) is 0 Å². The van der Waals surface area contributed by atoms with Crippen LogP contribution in [-0.4, -0.2) is 46.6 Å². The Morgan fingerprint density at radius 3 is 2.76 bits per heavy atom. The fraction of sp³-hybridized carbons (Fsp3) is 0.600. The smallest absolute Gasteiger partial charge is 0.274 e. The predicted octanol–water partition coefficient (Wildman–Crippen LogP) is 2.79. The van der Waals surface area contributed by atoms with Crippen molar-refractivity contribution in [3.8, 4) is 0 Å². The first-order valence-corrected chi connectivity index (χ1v) is 7.71. The molecule has 0 saturated heterocycles. The molecule has 0 spiro atoms. The van der Waals surface area contributed by atoms with E-state index in [9.17, 15) is 4.79 Å². The molecule has 1 aromatic rings. The van der Waals surface area contributed by atoms with Gasteiger partial charge < -0.3 is 15.3 Å². The Morgan fingerprint density at radius 2 is 2.19 bits per heavy atom. The van der Waals surface area contributed by atoms with E-state index in [1.165, 1.54) is 0 Å². The summed E-state index contributed by atoms with van der Waals surface area (Å²) in [5.41, 5.74) is 0.254. The number of halogens is 1. The van der Waals surface area contributed by atoms with E-state index >= 15 is 0 Å². The average molecular weight is 314 g/mol. The number of aliphatic hydroxyl groups excluding tert-OH is 1. The highest BCUT2D eigenvalue weighted by Crippen LogP contribution is 2.19. The van der Waals surface area contributed by atoms with Crippen molar-refractivity contribution in [2.45, 2.75) is 39.7 Å². The number of pyridine rings is 1. The molecule has 5 nitrogen and oxygen atoms in total. The van der Waals surface area contributed by atoms with Crippen LogP contribution in [0.2, 0.25) is 5.02 Å². The van der Waals surface area contributed by atoms with Crippen LogP contribution < -0.4 is 5.32 Å². The Kier molecular flexibility index (Phi) is 7.47. The number of hydrogen-bond acceptors (Lipinski definition) is 4. The lowest BCUT2D eigenvalue weighted by Crippen LogP contribution is -2.38. The second kappa shape index (κ2) is 8.85. The maximum atomic E-state index is 12.6. The molecule has 1 heterocycles. The molecule has 0 radical (unpaired) electrons. The molecule has 0 aliphatic heterocycles. The van der Waals surface area contributed by atoms with Gasteiger partial charge in [0.25, 0.3) is 5.91 Å². The molecule has 0 fully saturated rings. The first kappa shape index (κ1) is 17.7. The lowest BCUT2D eigenvalue weighted by atomic mass is 10.2. The lowest BCUT2D eigenvalue weighted by molar-refractivity contribution is 0.0687. The standard InChI is InChI=1S/C15H24ClN3O2/c1-4-8-17-13-7-6-12(16)14(18-13)15(21)19(11(2)3)9-5-10-20/h6-7,11,20H,4-5,8-10H2,1-3H3,(H,17,18). The number of nitrogens with one attached hydrogen (secondary N) is 1. The molecule has 0 atom stereocenters. The van der Waals surface area contributed by atoms with Crippen molar-refractivity contribution in [1.82, 2.24) is 9.88 Å². The van der Waals surface area contributed by atoms with E-state index in [2.05, 4.69) is 17.2 Å². The largest absolute Gasteiger partial charge is 0.396 e. The fourth-order valence-electron chi connectivity index (χ4n) is 1.91. The zero-order valence-electron chi connectivity index (χ0n) is 12.9. The maximum absolute atomic E-state index is 12.6. The van der Waals surface area contributed by atoms with Crippen molar-refractivity contribution in [3.63, 3.8) is 0 Å². The van der Waals surface area contributed by atoms with Gasteiger partial charge in [0.15, 0.2) is 0 Å². The molecule has 21 heavy (non-hydrogen) atoms. The third kappa shape index (κ3) is 5.17. The first-order chi connectivity index (χ1) is 10.0. The van der Waals surface area contributed by atoms with Crippen LogP contribution in [0.15, 0.2) is 12.1 Å². The second-order valence-electron chi connectivity index (χ2n) is 5.12. The molecule has 0 aliphatic rings. The number of hydrogen-bond donors (Lipinski definition) is 2. The van der Waals surface area contributed by atoms with Crippen molar-refractivity contribution < 1.29 is 9.90 Å². The molecule has 0 unspecified atom stereocenters. The summed E-state index contributed by atoms with van der Waals surface area (Å²) in [4.78, 5) is 18.6. The van der Waals surface area contributed by atoms with Crippen molar-refractivity contribution >= 4 is 23.3 Å². The number of amides is 1. The van der Waals surface area contributed by atoms with E-state index in [0.717, 1.165) is 13.0 Å². The summed E-state index contributed by atoms with van der Waals surface area (Å²) < 4.78 is 0. The molecule has 1 rings (SSSR count). The first-order valence-electron chi connectivity index (χ1n) is 7.33. The summed E-state index contributed by atoms with van der Waals surface area (Å²) in [6.45, 7) is 7.25. The van der Waals surface area contributed by atoms with Crippen LogP contribution in [0, 0.1) is 0 Å². The highest BCUT2D eigenvalue weighted by atomic mass is 35.5. The Morgan fingerprint density at radius 1 is 1.48 bits per heavy atom. The third-order valence-electron chi connectivity index (χ3n) is 3.05. The molecule has 0 aliphatic carbocycles. The van der Waals surface area contributed by atoms with Gasteiger partial charge in [0.05, 0.1) is 5.02 Å². The number of nitrogens with zero attached hydrogens (tertiary/aromatic N) is 2. The van der Waals surface area contributed by atoms with Crippen molar-refractivity contribution in [2.75, 3.05) is 25.0 Å². The maximum Gasteiger partial charge on any atom is 0.274 e. The summed E-state index contributed by atoms with van der Waals surface area (Å²) in [6, 6.07) is 3.47. The van der Waals surface area contributed by atoms with Gasteiger partial charge in [-0.25, -0.2) is 4.98 Å². The van der Waals surface area contributed by atoms with Crippen LogP contribution in [0.1, 0.15) is 44.1 Å². The van der Waals surface area contributed by atoms with E-state index in [0.29, 0.717) is 23.8 Å². The summed E-state index contributed by atoms with van der Waals surface area (Å²) in [5, 5.41) is 12.4. The van der Waals surface area contributed by atoms with E-state index in [4.69, 9.17) is 16.7 Å². The summed E-state index contributed by atoms with van der Waals surface area (Å²) in [5.74, 6) is 0.444. The third-order valence-corrected chi connectivity index (χ3v) is 3.35. The number of carbonyl (C=O) groups excluding carboxylic acids is 1. The van der Waals surface area contributed by atoms with Crippen LogP contribution in [0.5, 0.6) is 0 Å². The molecule has 6 heteroatoms. The minimum Gasteiger partial charge on any atom is -0.396 e. The Bertz CT molecular complexity index is 466. The van der Waals surface area contributed by atoms with Crippen molar-refractivity contribution in [1.29, 1.82) is 0 Å². The molecular weight excluding hydrogens is 290 g/mol. The van der Waals surface area contributed by atoms with Gasteiger partial charge in [-0.3, -0.25) is 4.79 Å². The van der Waals surface area contributed by atoms with E-state index < -0.39 is 0 Å². The van der Waals surface area contributed by atoms with E-state index in [1.807, 2.05) is 13.8 Å². The van der Waals surface area contributed by atoms with Gasteiger partial charge in [-0.1, -0.05) is 18.5 Å². The van der Waals surface area contributed by atoms with Crippen LogP contribution in [-0.2, 0) is 0 Å². The summed E-state index contributed by atoms with van der Waals surface area (Å²) in [7, 11) is 0. The normalized spacial score (nSPS) is 10.8. The summed E-state index contributed by atoms with van der Waals surface area (Å²) >= 11 is 6.12. The molecule has 0 bridgehead atoms. The minimum absolute atomic E-state index is 0.0224.